The van der Waals surface area contributed by atoms with Gasteiger partial charge in [0.1, 0.15) is 0 Å². The predicted octanol–water partition coefficient (Wildman–Crippen LogP) is -4.07. The second-order valence-corrected chi connectivity index (χ2v) is 3.00. The minimum atomic E-state index is -6.10. The van der Waals surface area contributed by atoms with Gasteiger partial charge in [0, 0.05) is 17.1 Å². The standard InChI is InChI=1S/Cu.4O.Sb/q;;3*-1;. The van der Waals surface area contributed by atoms with E-state index in [2.05, 4.69) is 0 Å². The van der Waals surface area contributed by atoms with Gasteiger partial charge in [-0.1, -0.05) is 0 Å². The van der Waals surface area contributed by atoms with Gasteiger partial charge in [-0.2, -0.15) is 0 Å². The first-order chi connectivity index (χ1) is 2.00. The van der Waals surface area contributed by atoms with Crippen molar-refractivity contribution < 1.29 is 30.2 Å². The molecular weight excluding hydrogens is 249 g/mol. The van der Waals surface area contributed by atoms with Crippen LogP contribution in [-0.2, 0) is 20.1 Å². The second kappa shape index (κ2) is 3.08. The van der Waals surface area contributed by atoms with E-state index in [1.165, 1.54) is 0 Å². The van der Waals surface area contributed by atoms with Gasteiger partial charge in [0.25, 0.3) is 0 Å². The molecule has 0 aromatic heterocycles. The topological polar surface area (TPSA) is 86.2 Å². The first-order valence-corrected chi connectivity index (χ1v) is 4.90. The van der Waals surface area contributed by atoms with Gasteiger partial charge in [0.05, 0.1) is 0 Å². The predicted molar refractivity (Wildman–Crippen MR) is 6.44 cm³/mol. The fraction of sp³-hybridized carbons (Fsp3) is 0. The van der Waals surface area contributed by atoms with E-state index in [1.807, 2.05) is 0 Å². The molecular formula is CuO4Sb-3. The van der Waals surface area contributed by atoms with Crippen LogP contribution in [-0.4, -0.2) is 20.1 Å². The second-order valence-electron chi connectivity index (χ2n) is 0.447. The van der Waals surface area contributed by atoms with Crippen LogP contribution >= 0.6 is 0 Å². The van der Waals surface area contributed by atoms with Crippen molar-refractivity contribution in [2.75, 3.05) is 0 Å². The monoisotopic (exact) mass is 248 g/mol. The van der Waals surface area contributed by atoms with Gasteiger partial charge in [-0.3, -0.25) is 0 Å². The molecule has 0 bridgehead atoms. The van der Waals surface area contributed by atoms with Gasteiger partial charge in [-0.25, -0.2) is 0 Å². The van der Waals surface area contributed by atoms with Crippen molar-refractivity contribution in [2.24, 2.45) is 0 Å². The molecule has 0 aliphatic carbocycles. The molecule has 1 radical (unpaired) electrons. The molecule has 0 atom stereocenters. The molecule has 0 saturated heterocycles. The maximum atomic E-state index is 8.64. The molecule has 0 unspecified atom stereocenters. The van der Waals surface area contributed by atoms with E-state index >= 15 is 0 Å². The number of hydrogen-bond acceptors (Lipinski definition) is 4. The summed E-state index contributed by atoms with van der Waals surface area (Å²) in [5.74, 6) is 0. The number of hydrogen-bond donors (Lipinski definition) is 0. The van der Waals surface area contributed by atoms with E-state index in [9.17, 15) is 0 Å². The zero-order valence-corrected chi connectivity index (χ0v) is 5.88. The van der Waals surface area contributed by atoms with Crippen LogP contribution < -0.4 is 10.2 Å². The number of rotatable bonds is 0. The molecule has 0 heterocycles. The molecule has 0 aliphatic heterocycles. The third-order valence-electron chi connectivity index (χ3n) is 0. The Kier molecular flexibility index (Phi) is 5.18. The third kappa shape index (κ3) is 78.2. The fourth-order valence-electron chi connectivity index (χ4n) is 0. The molecule has 4 nitrogen and oxygen atoms in total. The molecule has 6 heteroatoms. The van der Waals surface area contributed by atoms with Crippen molar-refractivity contribution in [3.8, 4) is 0 Å². The van der Waals surface area contributed by atoms with Crippen LogP contribution in [0, 0.1) is 0 Å². The Labute approximate surface area is 50.4 Å². The van der Waals surface area contributed by atoms with E-state index in [1.54, 1.807) is 0 Å². The van der Waals surface area contributed by atoms with E-state index in [0.29, 0.717) is 0 Å². The molecule has 0 spiro atoms. The van der Waals surface area contributed by atoms with Gasteiger partial charge in [-0.05, 0) is 0 Å². The summed E-state index contributed by atoms with van der Waals surface area (Å²) >= 11 is -6.10. The van der Waals surface area contributed by atoms with Crippen molar-refractivity contribution in [2.45, 2.75) is 0 Å². The average Bonchev–Trinajstić information content (AvgIpc) is 0.722. The van der Waals surface area contributed by atoms with Crippen molar-refractivity contribution in [1.29, 1.82) is 0 Å². The quantitative estimate of drug-likeness (QED) is 0.409. The van der Waals surface area contributed by atoms with Crippen molar-refractivity contribution >= 4 is 20.1 Å². The van der Waals surface area contributed by atoms with Crippen LogP contribution in [0.3, 0.4) is 0 Å². The Balaban J connectivity index is 0. The van der Waals surface area contributed by atoms with Gasteiger partial charge in [0.2, 0.25) is 0 Å². The molecule has 0 rings (SSSR count). The van der Waals surface area contributed by atoms with Crippen molar-refractivity contribution in [3.63, 3.8) is 0 Å². The first kappa shape index (κ1) is 10.1. The van der Waals surface area contributed by atoms with Gasteiger partial charge >= 0.3 is 33.2 Å². The summed E-state index contributed by atoms with van der Waals surface area (Å²) < 4.78 is 34.6. The molecule has 0 aromatic carbocycles. The van der Waals surface area contributed by atoms with E-state index in [-0.39, 0.29) is 17.1 Å². The fourth-order valence-corrected chi connectivity index (χ4v) is 0. The maximum absolute atomic E-state index is 8.64. The zero-order valence-electron chi connectivity index (χ0n) is 2.38. The van der Waals surface area contributed by atoms with Crippen LogP contribution in [0.15, 0.2) is 0 Å². The van der Waals surface area contributed by atoms with E-state index in [0.717, 1.165) is 0 Å². The Hall–Kier alpha value is 1.02. The molecule has 0 aromatic rings. The molecule has 6 heavy (non-hydrogen) atoms. The molecule has 0 saturated carbocycles. The molecule has 0 aliphatic rings. The van der Waals surface area contributed by atoms with Crippen molar-refractivity contribution in [3.05, 3.63) is 0 Å². The normalized spacial score (nSPS) is 9.83. The van der Waals surface area contributed by atoms with Gasteiger partial charge in [-0.15, -0.1) is 0 Å². The summed E-state index contributed by atoms with van der Waals surface area (Å²) in [5.41, 5.74) is 0. The van der Waals surface area contributed by atoms with Crippen LogP contribution in [0.4, 0.5) is 0 Å². The van der Waals surface area contributed by atoms with Gasteiger partial charge < -0.3 is 0 Å². The van der Waals surface area contributed by atoms with E-state index < -0.39 is 20.1 Å². The summed E-state index contributed by atoms with van der Waals surface area (Å²) in [6, 6.07) is 0. The summed E-state index contributed by atoms with van der Waals surface area (Å²) in [5, 5.41) is 0. The summed E-state index contributed by atoms with van der Waals surface area (Å²) in [6.45, 7) is 0. The summed E-state index contributed by atoms with van der Waals surface area (Å²) in [7, 11) is 0. The molecule has 0 N–H and O–H groups in total. The Morgan fingerprint density at radius 1 is 1.17 bits per heavy atom. The van der Waals surface area contributed by atoms with Crippen LogP contribution in [0.2, 0.25) is 0 Å². The Bertz CT molecular complexity index is 53.7. The first-order valence-electron chi connectivity index (χ1n) is 0.730. The van der Waals surface area contributed by atoms with Crippen molar-refractivity contribution in [1.82, 2.24) is 0 Å². The minimum absolute atomic E-state index is 0. The summed E-state index contributed by atoms with van der Waals surface area (Å²) in [4.78, 5) is 0. The van der Waals surface area contributed by atoms with E-state index in [4.69, 9.17) is 13.2 Å². The Morgan fingerprint density at radius 3 is 1.17 bits per heavy atom. The molecule has 0 fully saturated rings. The van der Waals surface area contributed by atoms with Gasteiger partial charge in [0.15, 0.2) is 0 Å². The van der Waals surface area contributed by atoms with Crippen LogP contribution in [0.1, 0.15) is 0 Å². The average molecular weight is 249 g/mol. The van der Waals surface area contributed by atoms with Crippen LogP contribution in [0.5, 0.6) is 0 Å². The molecule has 0 amide bonds. The summed E-state index contributed by atoms with van der Waals surface area (Å²) in [6.07, 6.45) is 0. The third-order valence-corrected chi connectivity index (χ3v) is 0. The Morgan fingerprint density at radius 2 is 1.17 bits per heavy atom. The van der Waals surface area contributed by atoms with Crippen LogP contribution in [0.25, 0.3) is 0 Å². The SMILES string of the molecule is [Cu].[O]=[Sb]([O-])([O-])[O-]. The zero-order chi connectivity index (χ0) is 4.50. The molecule has 43 valence electrons.